The Kier molecular flexibility index (Phi) is 88.4. The van der Waals surface area contributed by atoms with Crippen LogP contribution in [0.15, 0.2) is 0 Å². The van der Waals surface area contributed by atoms with Crippen LogP contribution >= 0.6 is 0 Å². The van der Waals surface area contributed by atoms with Crippen LogP contribution in [0.3, 0.4) is 0 Å². The van der Waals surface area contributed by atoms with Crippen LogP contribution < -0.4 is 118 Å². The summed E-state index contributed by atoms with van der Waals surface area (Å²) in [7, 11) is 0. The number of hydrogen-bond acceptors (Lipinski definition) is 2. The van der Waals surface area contributed by atoms with E-state index in [0.717, 1.165) is 13.8 Å². The molecule has 0 aromatic heterocycles. The van der Waals surface area contributed by atoms with Crippen LogP contribution in [0.5, 0.6) is 0 Å². The van der Waals surface area contributed by atoms with Crippen LogP contribution in [0.2, 0.25) is 0 Å². The number of rotatable bonds is 0. The van der Waals surface area contributed by atoms with Crippen molar-refractivity contribution in [3.8, 4) is 0 Å². The first kappa shape index (κ1) is 36.3. The molecule has 0 saturated carbocycles. The molecule has 4 nitrogen and oxygen atoms in total. The van der Waals surface area contributed by atoms with E-state index in [0.29, 0.717) is 0 Å². The fourth-order valence-corrected chi connectivity index (χ4v) is 0. The third-order valence-corrected chi connectivity index (χ3v) is 0. The molecule has 0 aromatic rings. The summed E-state index contributed by atoms with van der Waals surface area (Å²) in [5.41, 5.74) is 0. The van der Waals surface area contributed by atoms with Gasteiger partial charge in [0.2, 0.25) is 0 Å². The van der Waals surface area contributed by atoms with Gasteiger partial charge in [-0.05, 0) is 0 Å². The van der Waals surface area contributed by atoms with Crippen LogP contribution in [0, 0.1) is 0 Å². The van der Waals surface area contributed by atoms with E-state index >= 15 is 0 Å². The SMILES string of the molecule is CC(=O)O.CC(=O)O.[H-].[H-].[H-].[H-].[Na+].[Na+].[Na+].[Na+]. The molecular formula is C4H12Na4O4. The van der Waals surface area contributed by atoms with Gasteiger partial charge in [-0.1, -0.05) is 0 Å². The van der Waals surface area contributed by atoms with E-state index in [2.05, 4.69) is 0 Å². The van der Waals surface area contributed by atoms with Crippen molar-refractivity contribution >= 4 is 11.9 Å². The van der Waals surface area contributed by atoms with Crippen molar-refractivity contribution in [2.75, 3.05) is 0 Å². The maximum atomic E-state index is 9.00. The molecular weight excluding hydrogens is 204 g/mol. The minimum absolute atomic E-state index is 0. The molecule has 0 amide bonds. The number of carbonyl (C=O) groups is 2. The standard InChI is InChI=1S/2C2H4O2.4Na.4H/c2*1-2(3)4;;;;;;;;/h2*1H3,(H,3,4);;;;;;;;/q;;4*+1;4*-1. The zero-order valence-electron chi connectivity index (χ0n) is 12.7. The molecule has 0 radical (unpaired) electrons. The van der Waals surface area contributed by atoms with Gasteiger partial charge in [-0.15, -0.1) is 0 Å². The summed E-state index contributed by atoms with van der Waals surface area (Å²) in [5, 5.41) is 14.8. The van der Waals surface area contributed by atoms with E-state index in [1.54, 1.807) is 0 Å². The average Bonchev–Trinajstić information content (AvgIpc) is 1.25. The van der Waals surface area contributed by atoms with Gasteiger partial charge >= 0.3 is 118 Å². The summed E-state index contributed by atoms with van der Waals surface area (Å²) in [5.74, 6) is -1.67. The maximum Gasteiger partial charge on any atom is 1.00 e. The number of carboxylic acid groups (broad SMARTS) is 2. The Labute approximate surface area is 166 Å². The summed E-state index contributed by atoms with van der Waals surface area (Å²) >= 11 is 0. The normalized spacial score (nSPS) is 4.17. The van der Waals surface area contributed by atoms with E-state index in [4.69, 9.17) is 19.8 Å². The monoisotopic (exact) mass is 216 g/mol. The molecule has 56 valence electrons. The molecule has 0 bridgehead atoms. The summed E-state index contributed by atoms with van der Waals surface area (Å²) in [6, 6.07) is 0. The summed E-state index contributed by atoms with van der Waals surface area (Å²) in [6.07, 6.45) is 0. The molecule has 0 aromatic carbocycles. The van der Waals surface area contributed by atoms with Crippen molar-refractivity contribution in [3.63, 3.8) is 0 Å². The minimum atomic E-state index is -0.833. The smallest absolute Gasteiger partial charge is 1.00 e. The van der Waals surface area contributed by atoms with Gasteiger partial charge in [-0.2, -0.15) is 0 Å². The Morgan fingerprint density at radius 3 is 0.833 bits per heavy atom. The zero-order valence-corrected chi connectivity index (χ0v) is 16.7. The molecule has 0 unspecified atom stereocenters. The van der Waals surface area contributed by atoms with E-state index in [1.165, 1.54) is 0 Å². The van der Waals surface area contributed by atoms with Crippen molar-refractivity contribution in [2.45, 2.75) is 13.8 Å². The van der Waals surface area contributed by atoms with E-state index in [9.17, 15) is 0 Å². The molecule has 0 saturated heterocycles. The van der Waals surface area contributed by atoms with Gasteiger partial charge in [-0.25, -0.2) is 0 Å². The van der Waals surface area contributed by atoms with Crippen molar-refractivity contribution < 1.29 is 144 Å². The second-order valence-corrected chi connectivity index (χ2v) is 1.04. The molecule has 12 heavy (non-hydrogen) atoms. The van der Waals surface area contributed by atoms with Crippen LogP contribution in [0.25, 0.3) is 0 Å². The summed E-state index contributed by atoms with van der Waals surface area (Å²) < 4.78 is 0. The first-order valence-electron chi connectivity index (χ1n) is 1.86. The van der Waals surface area contributed by atoms with Gasteiger partial charge in [0.15, 0.2) is 0 Å². The Bertz CT molecular complexity index is 90.0. The fourth-order valence-electron chi connectivity index (χ4n) is 0. The Hall–Kier alpha value is 2.94. The molecule has 0 aliphatic carbocycles. The molecule has 0 aliphatic heterocycles. The second-order valence-electron chi connectivity index (χ2n) is 1.04. The van der Waals surface area contributed by atoms with Gasteiger partial charge < -0.3 is 15.9 Å². The van der Waals surface area contributed by atoms with Gasteiger partial charge in [-0.3, -0.25) is 9.59 Å². The maximum absolute atomic E-state index is 9.00. The molecule has 0 aliphatic rings. The van der Waals surface area contributed by atoms with Crippen molar-refractivity contribution in [1.29, 1.82) is 0 Å². The molecule has 0 fully saturated rings. The molecule has 0 atom stereocenters. The minimum Gasteiger partial charge on any atom is -1.00 e. The molecule has 8 heteroatoms. The van der Waals surface area contributed by atoms with Crippen LogP contribution in [-0.4, -0.2) is 22.2 Å². The number of carboxylic acids is 2. The van der Waals surface area contributed by atoms with Crippen molar-refractivity contribution in [1.82, 2.24) is 0 Å². The Morgan fingerprint density at radius 2 is 0.833 bits per heavy atom. The topological polar surface area (TPSA) is 74.6 Å². The zero-order chi connectivity index (χ0) is 7.15. The molecule has 0 spiro atoms. The van der Waals surface area contributed by atoms with Crippen molar-refractivity contribution in [2.24, 2.45) is 0 Å². The Morgan fingerprint density at radius 1 is 0.833 bits per heavy atom. The quantitative estimate of drug-likeness (QED) is 0.394. The summed E-state index contributed by atoms with van der Waals surface area (Å²) in [4.78, 5) is 18.0. The third kappa shape index (κ3) is 213. The average molecular weight is 216 g/mol. The van der Waals surface area contributed by atoms with Crippen LogP contribution in [-0.2, 0) is 9.59 Å². The van der Waals surface area contributed by atoms with Crippen LogP contribution in [0.4, 0.5) is 0 Å². The van der Waals surface area contributed by atoms with E-state index in [1.807, 2.05) is 0 Å². The van der Waals surface area contributed by atoms with E-state index in [-0.39, 0.29) is 124 Å². The Balaban J connectivity index is -0.00000000375. The number of aliphatic carboxylic acids is 2. The summed E-state index contributed by atoms with van der Waals surface area (Å²) in [6.45, 7) is 2.17. The second kappa shape index (κ2) is 29.2. The molecule has 2 N–H and O–H groups in total. The first-order chi connectivity index (χ1) is 3.46. The van der Waals surface area contributed by atoms with Crippen LogP contribution in [0.1, 0.15) is 19.6 Å². The first-order valence-corrected chi connectivity index (χ1v) is 1.86. The van der Waals surface area contributed by atoms with Gasteiger partial charge in [0.1, 0.15) is 0 Å². The predicted molar refractivity (Wildman–Crippen MR) is 31.1 cm³/mol. The van der Waals surface area contributed by atoms with Gasteiger partial charge in [0, 0.05) is 13.8 Å². The molecule has 0 rings (SSSR count). The van der Waals surface area contributed by atoms with Gasteiger partial charge in [0.25, 0.3) is 11.9 Å². The fraction of sp³-hybridized carbons (Fsp3) is 0.500. The van der Waals surface area contributed by atoms with Gasteiger partial charge in [0.05, 0.1) is 0 Å². The predicted octanol–water partition coefficient (Wildman–Crippen LogP) is -11.4. The largest absolute Gasteiger partial charge is 1.00 e. The number of hydrogen-bond donors (Lipinski definition) is 2. The van der Waals surface area contributed by atoms with Crippen molar-refractivity contribution in [3.05, 3.63) is 0 Å². The molecule has 0 heterocycles. The van der Waals surface area contributed by atoms with E-state index < -0.39 is 11.9 Å². The third-order valence-electron chi connectivity index (χ3n) is 0.